The third kappa shape index (κ3) is 10.7. The molecule has 2 aliphatic rings. The first kappa shape index (κ1) is 49.9. The first-order valence-electron chi connectivity index (χ1n) is 27.1. The lowest BCUT2D eigenvalue weighted by atomic mass is 9.84. The van der Waals surface area contributed by atoms with E-state index in [1.54, 1.807) is 0 Å². The second-order valence-corrected chi connectivity index (χ2v) is 20.8. The van der Waals surface area contributed by atoms with Crippen LogP contribution in [0.2, 0.25) is 0 Å². The molecule has 0 amide bonds. The van der Waals surface area contributed by atoms with Crippen LogP contribution in [-0.2, 0) is 41.6 Å². The van der Waals surface area contributed by atoms with E-state index in [9.17, 15) is 0 Å². The largest absolute Gasteiger partial charge is 0.381 e. The van der Waals surface area contributed by atoms with Crippen molar-refractivity contribution >= 4 is 43.6 Å². The Kier molecular flexibility index (Phi) is 15.6. The smallest absolute Gasteiger partial charge is 0.235 e. The van der Waals surface area contributed by atoms with Gasteiger partial charge in [-0.25, -0.2) is 9.97 Å². The predicted octanol–water partition coefficient (Wildman–Crippen LogP) is 14.3. The average molecular weight is 991 g/mol. The number of aromatic nitrogens is 4. The summed E-state index contributed by atoms with van der Waals surface area (Å²) in [4.78, 5) is 10.9. The summed E-state index contributed by atoms with van der Waals surface area (Å²) in [5.41, 5.74) is 11.9. The van der Waals surface area contributed by atoms with Crippen LogP contribution in [0.3, 0.4) is 0 Å². The van der Waals surface area contributed by atoms with Crippen LogP contribution in [0, 0.1) is 10.8 Å². The van der Waals surface area contributed by atoms with E-state index in [0.29, 0.717) is 32.4 Å². The van der Waals surface area contributed by atoms with Gasteiger partial charge in [-0.05, 0) is 111 Å². The monoisotopic (exact) mass is 991 g/mol. The molecule has 0 spiro atoms. The molecule has 0 saturated carbocycles. The summed E-state index contributed by atoms with van der Waals surface area (Å²) < 4.78 is 40.6. The number of benzene rings is 6. The van der Waals surface area contributed by atoms with E-state index < -0.39 is 0 Å². The highest BCUT2D eigenvalue weighted by molar-refractivity contribution is 6.26. The first-order valence-corrected chi connectivity index (χ1v) is 27.1. The molecule has 10 heteroatoms. The Morgan fingerprint density at radius 2 is 0.932 bits per heavy atom. The van der Waals surface area contributed by atoms with Crippen molar-refractivity contribution in [1.82, 2.24) is 19.1 Å². The molecule has 6 aromatic carbocycles. The number of unbranched alkanes of at least 4 members (excludes halogenated alkanes) is 4. The zero-order valence-electron chi connectivity index (χ0n) is 43.2. The molecule has 5 heterocycles. The van der Waals surface area contributed by atoms with Crippen molar-refractivity contribution in [3.8, 4) is 34.2 Å². The molecule has 11 rings (SSSR count). The number of ether oxygens (including phenoxy) is 6. The fourth-order valence-corrected chi connectivity index (χ4v) is 10.7. The maximum absolute atomic E-state index is 6.41. The van der Waals surface area contributed by atoms with E-state index in [-0.39, 0.29) is 10.8 Å². The number of para-hydroxylation sites is 1. The molecule has 2 fully saturated rings. The van der Waals surface area contributed by atoms with Crippen molar-refractivity contribution in [1.29, 1.82) is 0 Å². The molecule has 0 unspecified atom stereocenters. The van der Waals surface area contributed by atoms with Crippen LogP contribution in [0.25, 0.3) is 77.8 Å². The maximum atomic E-state index is 6.41. The Morgan fingerprint density at radius 3 is 1.43 bits per heavy atom. The second-order valence-electron chi connectivity index (χ2n) is 20.8. The summed E-state index contributed by atoms with van der Waals surface area (Å²) in [6, 6.07) is 51.8. The SMILES string of the molecule is CCC1(COCCCCCOCc2ccc3c(c2)c2c(ccc4c5cc(COCCCCCOCC6(CC)COC6)ccc5n(-c5nc(-c6ccccc6)cc(-c6ccccc6)n5)c42)n3-c2ccccc2)COC1. The van der Waals surface area contributed by atoms with Crippen LogP contribution in [-0.4, -0.2) is 85.2 Å². The zero-order chi connectivity index (χ0) is 50.2. The van der Waals surface area contributed by atoms with Crippen LogP contribution >= 0.6 is 0 Å². The second kappa shape index (κ2) is 23.1. The Hall–Kier alpha value is -6.24. The van der Waals surface area contributed by atoms with E-state index in [1.165, 1.54) is 0 Å². The molecule has 2 saturated heterocycles. The fraction of sp³-hybridized carbons (Fsp3) is 0.375. The topological polar surface area (TPSA) is 91.0 Å². The van der Waals surface area contributed by atoms with E-state index in [0.717, 1.165) is 187 Å². The molecule has 74 heavy (non-hydrogen) atoms. The highest BCUT2D eigenvalue weighted by Gasteiger charge is 2.37. The van der Waals surface area contributed by atoms with Gasteiger partial charge in [-0.1, -0.05) is 111 Å². The quantitative estimate of drug-likeness (QED) is 0.0496. The molecular formula is C64H70N4O6. The number of rotatable bonds is 26. The summed E-state index contributed by atoms with van der Waals surface area (Å²) in [6.45, 7) is 13.4. The minimum atomic E-state index is 0.229. The molecule has 0 N–H and O–H groups in total. The number of fused-ring (bicyclic) bond motifs is 7. The summed E-state index contributed by atoms with van der Waals surface area (Å²) >= 11 is 0. The summed E-state index contributed by atoms with van der Waals surface area (Å²) in [7, 11) is 0. The number of hydrogen-bond donors (Lipinski definition) is 0. The van der Waals surface area contributed by atoms with Crippen molar-refractivity contribution in [2.24, 2.45) is 10.8 Å². The van der Waals surface area contributed by atoms with Crippen LogP contribution in [0.4, 0.5) is 0 Å². The van der Waals surface area contributed by atoms with E-state index >= 15 is 0 Å². The summed E-state index contributed by atoms with van der Waals surface area (Å²) in [5.74, 6) is 0.615. The molecule has 9 aromatic rings. The molecular weight excluding hydrogens is 921 g/mol. The summed E-state index contributed by atoms with van der Waals surface area (Å²) in [5, 5.41) is 4.55. The lowest BCUT2D eigenvalue weighted by molar-refractivity contribution is -0.150. The van der Waals surface area contributed by atoms with Gasteiger partial charge < -0.3 is 33.0 Å². The van der Waals surface area contributed by atoms with Gasteiger partial charge in [0, 0.05) is 75.6 Å². The van der Waals surface area contributed by atoms with Crippen molar-refractivity contribution in [3.63, 3.8) is 0 Å². The van der Waals surface area contributed by atoms with Crippen LogP contribution < -0.4 is 0 Å². The summed E-state index contributed by atoms with van der Waals surface area (Å²) in [6.07, 6.45) is 8.40. The molecule has 10 nitrogen and oxygen atoms in total. The first-order chi connectivity index (χ1) is 36.5. The van der Waals surface area contributed by atoms with Gasteiger partial charge in [0.15, 0.2) is 0 Å². The lowest BCUT2D eigenvalue weighted by Crippen LogP contribution is -2.45. The van der Waals surface area contributed by atoms with Crippen molar-refractivity contribution in [2.45, 2.75) is 78.4 Å². The van der Waals surface area contributed by atoms with Crippen molar-refractivity contribution in [2.75, 3.05) is 66.1 Å². The zero-order valence-corrected chi connectivity index (χ0v) is 43.2. The molecule has 0 bridgehead atoms. The normalized spacial score (nSPS) is 15.1. The molecule has 0 aliphatic carbocycles. The van der Waals surface area contributed by atoms with Gasteiger partial charge in [0.05, 0.1) is 86.3 Å². The van der Waals surface area contributed by atoms with Gasteiger partial charge in [-0.3, -0.25) is 4.57 Å². The van der Waals surface area contributed by atoms with Gasteiger partial charge in [0.2, 0.25) is 5.95 Å². The standard InChI is InChI=1S/C64H70N4O6/c1-3-63(43-73-44-63)41-71-34-18-8-16-32-69-39-47-26-29-57-53(36-47)52-28-31-59-60(61(52)68(57)62-65-55(49-20-10-5-11-21-49)38-56(66-62)50-22-12-6-13-23-50)54-37-48(27-30-58(54)67(59)51-24-14-7-15-25-51)40-70-33-17-9-19-35-72-42-64(4-2)45-74-46-64/h5-7,10-15,20-31,36-38H,3-4,8-9,16-19,32-35,39-46H2,1-2H3. The highest BCUT2D eigenvalue weighted by atomic mass is 16.5. The molecule has 3 aromatic heterocycles. The highest BCUT2D eigenvalue weighted by Crippen LogP contribution is 2.43. The van der Waals surface area contributed by atoms with E-state index in [4.69, 9.17) is 38.4 Å². The fourth-order valence-electron chi connectivity index (χ4n) is 10.7. The van der Waals surface area contributed by atoms with E-state index in [2.05, 4.69) is 156 Å². The van der Waals surface area contributed by atoms with Crippen molar-refractivity contribution in [3.05, 3.63) is 157 Å². The number of hydrogen-bond acceptors (Lipinski definition) is 8. The molecule has 382 valence electrons. The van der Waals surface area contributed by atoms with Crippen LogP contribution in [0.5, 0.6) is 0 Å². The van der Waals surface area contributed by atoms with Gasteiger partial charge >= 0.3 is 0 Å². The van der Waals surface area contributed by atoms with Gasteiger partial charge in [-0.2, -0.15) is 0 Å². The molecule has 2 aliphatic heterocycles. The number of nitrogens with zero attached hydrogens (tertiary/aromatic N) is 4. The Labute approximate surface area is 435 Å². The van der Waals surface area contributed by atoms with Gasteiger partial charge in [0.25, 0.3) is 0 Å². The van der Waals surface area contributed by atoms with E-state index in [1.807, 2.05) is 12.1 Å². The Morgan fingerprint density at radius 1 is 0.459 bits per heavy atom. The molecule has 0 radical (unpaired) electrons. The molecule has 0 atom stereocenters. The van der Waals surface area contributed by atoms with Crippen LogP contribution in [0.15, 0.2) is 146 Å². The Balaban J connectivity index is 0.936. The maximum Gasteiger partial charge on any atom is 0.235 e. The predicted molar refractivity (Wildman–Crippen MR) is 297 cm³/mol. The third-order valence-electron chi connectivity index (χ3n) is 15.5. The van der Waals surface area contributed by atoms with Crippen molar-refractivity contribution < 1.29 is 28.4 Å². The minimum absolute atomic E-state index is 0.229. The lowest BCUT2D eigenvalue weighted by Gasteiger charge is -2.40. The van der Waals surface area contributed by atoms with Gasteiger partial charge in [-0.15, -0.1) is 0 Å². The van der Waals surface area contributed by atoms with Gasteiger partial charge in [0.1, 0.15) is 0 Å². The average Bonchev–Trinajstić information content (AvgIpc) is 3.96. The van der Waals surface area contributed by atoms with Crippen LogP contribution in [0.1, 0.15) is 76.3 Å². The Bertz CT molecular complexity index is 3220. The minimum Gasteiger partial charge on any atom is -0.381 e. The third-order valence-corrected chi connectivity index (χ3v) is 15.5.